The molecule has 0 fully saturated rings. The van der Waals surface area contributed by atoms with E-state index in [2.05, 4.69) is 22.4 Å². The number of methoxy groups -OCH3 is 1. The van der Waals surface area contributed by atoms with Crippen LogP contribution in [0.5, 0.6) is 5.75 Å². The summed E-state index contributed by atoms with van der Waals surface area (Å²) < 4.78 is 5.20. The van der Waals surface area contributed by atoms with Gasteiger partial charge < -0.3 is 14.8 Å². The van der Waals surface area contributed by atoms with E-state index in [1.807, 2.05) is 70.3 Å². The SMILES string of the molecule is CC(C)(C)C=O.CNc1ncc(-c2ccc(OC)cc2)nc1Cc1ccccc1. The number of rotatable bonds is 5. The number of aldehydes is 1. The minimum atomic E-state index is -0.139. The predicted molar refractivity (Wildman–Crippen MR) is 118 cm³/mol. The van der Waals surface area contributed by atoms with Gasteiger partial charge in [-0.3, -0.25) is 0 Å². The second-order valence-corrected chi connectivity index (χ2v) is 7.68. The molecule has 2 aromatic carbocycles. The Labute approximate surface area is 173 Å². The van der Waals surface area contributed by atoms with Crippen molar-refractivity contribution >= 4 is 12.1 Å². The summed E-state index contributed by atoms with van der Waals surface area (Å²) in [5.74, 6) is 1.64. The maximum absolute atomic E-state index is 9.83. The molecule has 152 valence electrons. The van der Waals surface area contributed by atoms with E-state index in [1.165, 1.54) is 5.56 Å². The fourth-order valence-corrected chi connectivity index (χ4v) is 2.45. The van der Waals surface area contributed by atoms with Crippen LogP contribution in [0.15, 0.2) is 60.8 Å². The molecule has 0 saturated carbocycles. The minimum absolute atomic E-state index is 0.139. The number of aromatic nitrogens is 2. The van der Waals surface area contributed by atoms with Crippen LogP contribution in [-0.2, 0) is 11.2 Å². The Morgan fingerprint density at radius 2 is 1.66 bits per heavy atom. The molecule has 3 aromatic rings. The van der Waals surface area contributed by atoms with Crippen LogP contribution in [0.3, 0.4) is 0 Å². The number of hydrogen-bond acceptors (Lipinski definition) is 5. The zero-order chi connectivity index (χ0) is 21.3. The van der Waals surface area contributed by atoms with Gasteiger partial charge in [-0.05, 0) is 29.8 Å². The Kier molecular flexibility index (Phi) is 7.89. The average molecular weight is 392 g/mol. The molecular formula is C24H29N3O2. The first kappa shape index (κ1) is 22.1. The lowest BCUT2D eigenvalue weighted by Crippen LogP contribution is -2.04. The van der Waals surface area contributed by atoms with Crippen molar-refractivity contribution in [2.75, 3.05) is 19.5 Å². The van der Waals surface area contributed by atoms with Crippen molar-refractivity contribution < 1.29 is 9.53 Å². The summed E-state index contributed by atoms with van der Waals surface area (Å²) in [6.07, 6.45) is 3.48. The summed E-state index contributed by atoms with van der Waals surface area (Å²) in [6.45, 7) is 5.62. The molecule has 0 aliphatic carbocycles. The van der Waals surface area contributed by atoms with Crippen molar-refractivity contribution in [2.45, 2.75) is 27.2 Å². The van der Waals surface area contributed by atoms with Crippen molar-refractivity contribution in [2.24, 2.45) is 5.41 Å². The van der Waals surface area contributed by atoms with Crippen LogP contribution in [0.4, 0.5) is 5.82 Å². The molecule has 0 radical (unpaired) electrons. The van der Waals surface area contributed by atoms with Gasteiger partial charge in [0.2, 0.25) is 0 Å². The van der Waals surface area contributed by atoms with Crippen LogP contribution >= 0.6 is 0 Å². The Bertz CT molecular complexity index is 902. The Balaban J connectivity index is 0.000000438. The van der Waals surface area contributed by atoms with E-state index in [0.717, 1.165) is 41.2 Å². The van der Waals surface area contributed by atoms with Gasteiger partial charge in [0.25, 0.3) is 0 Å². The minimum Gasteiger partial charge on any atom is -0.497 e. The largest absolute Gasteiger partial charge is 0.497 e. The number of nitrogens with one attached hydrogen (secondary N) is 1. The maximum atomic E-state index is 9.83. The Morgan fingerprint density at radius 3 is 2.17 bits per heavy atom. The van der Waals surface area contributed by atoms with Gasteiger partial charge in [-0.2, -0.15) is 0 Å². The third-order valence-electron chi connectivity index (χ3n) is 4.04. The van der Waals surface area contributed by atoms with Crippen LogP contribution in [0.25, 0.3) is 11.3 Å². The second-order valence-electron chi connectivity index (χ2n) is 7.68. The number of nitrogens with zero attached hydrogens (tertiary/aromatic N) is 2. The molecule has 0 unspecified atom stereocenters. The molecule has 0 aliphatic rings. The summed E-state index contributed by atoms with van der Waals surface area (Å²) in [5.41, 5.74) is 3.89. The van der Waals surface area contributed by atoms with E-state index < -0.39 is 0 Å². The zero-order valence-corrected chi connectivity index (χ0v) is 17.8. The highest BCUT2D eigenvalue weighted by Gasteiger charge is 2.09. The van der Waals surface area contributed by atoms with Crippen LogP contribution in [0.2, 0.25) is 0 Å². The van der Waals surface area contributed by atoms with Gasteiger partial charge >= 0.3 is 0 Å². The number of anilines is 1. The van der Waals surface area contributed by atoms with Gasteiger partial charge in [0, 0.05) is 24.4 Å². The van der Waals surface area contributed by atoms with Gasteiger partial charge in [-0.15, -0.1) is 0 Å². The lowest BCUT2D eigenvalue weighted by atomic mass is 10.0. The lowest BCUT2D eigenvalue weighted by molar-refractivity contribution is -0.113. The second kappa shape index (κ2) is 10.4. The molecule has 5 heteroatoms. The van der Waals surface area contributed by atoms with Crippen molar-refractivity contribution in [3.63, 3.8) is 0 Å². The predicted octanol–water partition coefficient (Wildman–Crippen LogP) is 5.02. The number of hydrogen-bond donors (Lipinski definition) is 1. The van der Waals surface area contributed by atoms with E-state index in [9.17, 15) is 4.79 Å². The van der Waals surface area contributed by atoms with E-state index >= 15 is 0 Å². The van der Waals surface area contributed by atoms with E-state index in [-0.39, 0.29) is 5.41 Å². The van der Waals surface area contributed by atoms with Crippen LogP contribution in [-0.4, -0.2) is 30.4 Å². The van der Waals surface area contributed by atoms with Crippen molar-refractivity contribution in [1.29, 1.82) is 0 Å². The lowest BCUT2D eigenvalue weighted by Gasteiger charge is -2.10. The smallest absolute Gasteiger partial charge is 0.147 e. The molecule has 0 aliphatic heterocycles. The molecule has 1 N–H and O–H groups in total. The first-order valence-corrected chi connectivity index (χ1v) is 9.54. The van der Waals surface area contributed by atoms with Crippen LogP contribution in [0, 0.1) is 5.41 Å². The van der Waals surface area contributed by atoms with Gasteiger partial charge in [0.1, 0.15) is 17.9 Å². The normalized spacial score (nSPS) is 10.5. The molecule has 0 spiro atoms. The molecule has 0 amide bonds. The molecule has 0 atom stereocenters. The first-order chi connectivity index (χ1) is 13.9. The highest BCUT2D eigenvalue weighted by atomic mass is 16.5. The fourth-order valence-electron chi connectivity index (χ4n) is 2.45. The Morgan fingerprint density at radius 1 is 1.03 bits per heavy atom. The van der Waals surface area contributed by atoms with E-state index in [0.29, 0.717) is 0 Å². The quantitative estimate of drug-likeness (QED) is 0.619. The number of benzene rings is 2. The monoisotopic (exact) mass is 391 g/mol. The Hall–Kier alpha value is -3.21. The molecular weight excluding hydrogens is 362 g/mol. The molecule has 0 saturated heterocycles. The van der Waals surface area contributed by atoms with E-state index in [1.54, 1.807) is 13.3 Å². The van der Waals surface area contributed by atoms with Crippen molar-refractivity contribution in [3.05, 3.63) is 72.1 Å². The van der Waals surface area contributed by atoms with Gasteiger partial charge in [0.05, 0.1) is 24.7 Å². The summed E-state index contributed by atoms with van der Waals surface area (Å²) in [5, 5.41) is 3.12. The summed E-state index contributed by atoms with van der Waals surface area (Å²) in [4.78, 5) is 19.1. The number of carbonyl (C=O) groups is 1. The highest BCUT2D eigenvalue weighted by Crippen LogP contribution is 2.23. The number of carbonyl (C=O) groups excluding carboxylic acids is 1. The van der Waals surface area contributed by atoms with Crippen molar-refractivity contribution in [3.8, 4) is 17.0 Å². The summed E-state index contributed by atoms with van der Waals surface area (Å²) >= 11 is 0. The third kappa shape index (κ3) is 7.03. The molecule has 1 aromatic heterocycles. The maximum Gasteiger partial charge on any atom is 0.147 e. The molecule has 29 heavy (non-hydrogen) atoms. The summed E-state index contributed by atoms with van der Waals surface area (Å²) in [6, 6.07) is 18.1. The van der Waals surface area contributed by atoms with E-state index in [4.69, 9.17) is 9.72 Å². The zero-order valence-electron chi connectivity index (χ0n) is 17.8. The average Bonchev–Trinajstić information content (AvgIpc) is 2.74. The van der Waals surface area contributed by atoms with Crippen LogP contribution in [0.1, 0.15) is 32.0 Å². The van der Waals surface area contributed by atoms with Gasteiger partial charge in [-0.1, -0.05) is 51.1 Å². The molecule has 0 bridgehead atoms. The van der Waals surface area contributed by atoms with Crippen LogP contribution < -0.4 is 10.1 Å². The topological polar surface area (TPSA) is 64.1 Å². The highest BCUT2D eigenvalue weighted by molar-refractivity contribution is 5.61. The van der Waals surface area contributed by atoms with Crippen molar-refractivity contribution in [1.82, 2.24) is 9.97 Å². The fraction of sp³-hybridized carbons (Fsp3) is 0.292. The standard InChI is InChI=1S/C19H19N3O.C5H10O/c1-20-19-17(12-14-6-4-3-5-7-14)22-18(13-21-19)15-8-10-16(23-2)11-9-15;1-5(2,3)4-6/h3-11,13H,12H2,1-2H3,(H,20,21);4H,1-3H3. The molecule has 1 heterocycles. The first-order valence-electron chi connectivity index (χ1n) is 9.54. The molecule has 5 nitrogen and oxygen atoms in total. The number of ether oxygens (including phenoxy) is 1. The third-order valence-corrected chi connectivity index (χ3v) is 4.04. The molecule has 3 rings (SSSR count). The van der Waals surface area contributed by atoms with Gasteiger partial charge in [0.15, 0.2) is 0 Å². The van der Waals surface area contributed by atoms with Gasteiger partial charge in [-0.25, -0.2) is 9.97 Å². The summed E-state index contributed by atoms with van der Waals surface area (Å²) in [7, 11) is 3.53.